The van der Waals surface area contributed by atoms with Crippen LogP contribution in [0.5, 0.6) is 0 Å². The van der Waals surface area contributed by atoms with E-state index in [0.717, 1.165) is 31.9 Å². The van der Waals surface area contributed by atoms with Gasteiger partial charge in [-0.2, -0.15) is 0 Å². The summed E-state index contributed by atoms with van der Waals surface area (Å²) in [6, 6.07) is 8.63. The van der Waals surface area contributed by atoms with Gasteiger partial charge in [-0.15, -0.1) is 0 Å². The maximum atomic E-state index is 16.2. The summed E-state index contributed by atoms with van der Waals surface area (Å²) in [4.78, 5) is 58.6. The lowest BCUT2D eigenvalue weighted by molar-refractivity contribution is -0.384. The third-order valence-electron chi connectivity index (χ3n) is 10.3. The average Bonchev–Trinajstić information content (AvgIpc) is 3.75. The molecular formula is C38H40FN7O8. The third kappa shape index (κ3) is 6.39. The number of aromatic amines is 1. The number of nitrogens with one attached hydrogen (secondary N) is 3. The molecule has 5 heterocycles. The van der Waals surface area contributed by atoms with Crippen molar-refractivity contribution in [1.82, 2.24) is 24.5 Å². The third-order valence-corrected chi connectivity index (χ3v) is 10.3. The van der Waals surface area contributed by atoms with Gasteiger partial charge in [0.1, 0.15) is 22.4 Å². The van der Waals surface area contributed by atoms with Gasteiger partial charge in [-0.25, -0.2) is 9.18 Å². The van der Waals surface area contributed by atoms with Crippen LogP contribution in [0.1, 0.15) is 56.8 Å². The monoisotopic (exact) mass is 741 g/mol. The minimum absolute atomic E-state index is 0.0552. The largest absolute Gasteiger partial charge is 0.453 e. The van der Waals surface area contributed by atoms with Crippen LogP contribution < -0.4 is 16.1 Å². The second-order valence-corrected chi connectivity index (χ2v) is 15.2. The smallest absolute Gasteiger partial charge is 0.407 e. The molecule has 2 amide bonds. The number of H-pyrrole nitrogens is 1. The van der Waals surface area contributed by atoms with Crippen molar-refractivity contribution < 1.29 is 32.5 Å². The fourth-order valence-electron chi connectivity index (χ4n) is 7.63. The predicted octanol–water partition coefficient (Wildman–Crippen LogP) is 6.67. The van der Waals surface area contributed by atoms with Crippen LogP contribution in [0.3, 0.4) is 0 Å². The zero-order valence-corrected chi connectivity index (χ0v) is 30.3. The number of benzene rings is 3. The highest BCUT2D eigenvalue weighted by Gasteiger charge is 2.32. The molecule has 16 heteroatoms. The fraction of sp³-hybridized carbons (Fsp3) is 0.395. The summed E-state index contributed by atoms with van der Waals surface area (Å²) in [5, 5.41) is 17.4. The van der Waals surface area contributed by atoms with E-state index < -0.39 is 39.8 Å². The Hall–Kier alpha value is -5.90. The number of hydrogen-bond acceptors (Lipinski definition) is 10. The van der Waals surface area contributed by atoms with Crippen molar-refractivity contribution in [3.8, 4) is 0 Å². The number of nitro benzene ring substituents is 1. The molecule has 1 unspecified atom stereocenters. The van der Waals surface area contributed by atoms with Crippen LogP contribution in [0.4, 0.5) is 20.6 Å². The molecular weight excluding hydrogens is 701 g/mol. The Morgan fingerprint density at radius 2 is 1.87 bits per heavy atom. The molecule has 0 spiro atoms. The Labute approximate surface area is 306 Å². The number of halogens is 1. The van der Waals surface area contributed by atoms with Crippen LogP contribution in [0.15, 0.2) is 56.2 Å². The molecule has 0 bridgehead atoms. The molecule has 0 aliphatic carbocycles. The first-order valence-electron chi connectivity index (χ1n) is 18.0. The summed E-state index contributed by atoms with van der Waals surface area (Å²) in [6.45, 7) is 7.15. The second kappa shape index (κ2) is 13.2. The number of nitro groups is 1. The van der Waals surface area contributed by atoms with Gasteiger partial charge in [-0.3, -0.25) is 19.7 Å². The standard InChI is InChI=1S/C38H40FN7O8/c1-38(2,3)54-37(49)41-20-10-13-44(18-20)36(48)24-19-45-28-17-30-27(42-26-8-7-22(46(50)51)14-29(26)52-30)16-31(28)53-35-32(25(39)15-23(33(35)45)34(24)47)40-11-9-21-6-5-12-43(21)4/h7-8,14-17,19-21,40,42H,5-6,9-13,18H2,1-4H3,(H,41,49)/t20-,21?/m0/s1. The summed E-state index contributed by atoms with van der Waals surface area (Å²) >= 11 is 0. The fourth-order valence-corrected chi connectivity index (χ4v) is 7.63. The maximum absolute atomic E-state index is 16.2. The number of non-ortho nitro benzene ring substituents is 1. The number of ether oxygens (including phenoxy) is 1. The molecule has 8 rings (SSSR count). The van der Waals surface area contributed by atoms with Crippen LogP contribution in [-0.2, 0) is 4.74 Å². The molecule has 3 aromatic carbocycles. The summed E-state index contributed by atoms with van der Waals surface area (Å²) < 4.78 is 35.8. The van der Waals surface area contributed by atoms with Crippen molar-refractivity contribution in [3.63, 3.8) is 0 Å². The number of rotatable bonds is 7. The maximum Gasteiger partial charge on any atom is 0.407 e. The Kier molecular flexibility index (Phi) is 8.59. The molecule has 2 saturated heterocycles. The molecule has 3 N–H and O–H groups in total. The number of amides is 2. The number of nitrogens with zero attached hydrogens (tertiary/aromatic N) is 4. The van der Waals surface area contributed by atoms with Crippen LogP contribution in [0.2, 0.25) is 0 Å². The summed E-state index contributed by atoms with van der Waals surface area (Å²) in [7, 11) is 2.08. The van der Waals surface area contributed by atoms with Gasteiger partial charge in [-0.05, 0) is 72.2 Å². The van der Waals surface area contributed by atoms with Gasteiger partial charge < -0.3 is 43.4 Å². The molecule has 0 saturated carbocycles. The molecule has 282 valence electrons. The van der Waals surface area contributed by atoms with Crippen molar-refractivity contribution >= 4 is 73.2 Å². The number of anilines is 1. The van der Waals surface area contributed by atoms with Gasteiger partial charge >= 0.3 is 6.09 Å². The zero-order valence-electron chi connectivity index (χ0n) is 30.3. The highest BCUT2D eigenvalue weighted by Crippen LogP contribution is 2.36. The highest BCUT2D eigenvalue weighted by molar-refractivity contribution is 6.07. The molecule has 54 heavy (non-hydrogen) atoms. The first-order valence-corrected chi connectivity index (χ1v) is 18.0. The molecule has 2 atom stereocenters. The Morgan fingerprint density at radius 1 is 1.07 bits per heavy atom. The van der Waals surface area contributed by atoms with Gasteiger partial charge in [0.2, 0.25) is 5.43 Å². The van der Waals surface area contributed by atoms with Gasteiger partial charge in [0, 0.05) is 50.1 Å². The van der Waals surface area contributed by atoms with Gasteiger partial charge in [0.05, 0.1) is 39.0 Å². The van der Waals surface area contributed by atoms with E-state index in [1.165, 1.54) is 23.2 Å². The number of fused-ring (bicyclic) bond motifs is 4. The molecule has 6 aromatic rings. The predicted molar refractivity (Wildman–Crippen MR) is 200 cm³/mol. The Balaban J connectivity index is 1.26. The van der Waals surface area contributed by atoms with E-state index in [1.54, 1.807) is 43.4 Å². The van der Waals surface area contributed by atoms with E-state index in [0.29, 0.717) is 41.1 Å². The van der Waals surface area contributed by atoms with Crippen LogP contribution in [0.25, 0.3) is 49.8 Å². The minimum Gasteiger partial charge on any atom is -0.453 e. The van der Waals surface area contributed by atoms with Gasteiger partial charge in [-0.1, -0.05) is 0 Å². The molecule has 0 radical (unpaired) electrons. The minimum atomic E-state index is -0.702. The molecule has 2 fully saturated rings. The van der Waals surface area contributed by atoms with E-state index in [1.807, 2.05) is 0 Å². The van der Waals surface area contributed by atoms with Crippen molar-refractivity contribution in [1.29, 1.82) is 0 Å². The summed E-state index contributed by atoms with van der Waals surface area (Å²) in [5.74, 6) is -1.28. The van der Waals surface area contributed by atoms with E-state index in [4.69, 9.17) is 13.6 Å². The number of pyridine rings is 1. The van der Waals surface area contributed by atoms with Crippen molar-refractivity contribution in [3.05, 3.63) is 74.3 Å². The van der Waals surface area contributed by atoms with Gasteiger partial charge in [0.15, 0.2) is 28.1 Å². The quantitative estimate of drug-likeness (QED) is 0.0692. The van der Waals surface area contributed by atoms with E-state index in [9.17, 15) is 24.5 Å². The highest BCUT2D eigenvalue weighted by atomic mass is 19.1. The molecule has 2 aliphatic heterocycles. The molecule has 2 aliphatic rings. The first kappa shape index (κ1) is 35.1. The Bertz CT molecular complexity index is 2600. The molecule has 3 aromatic heterocycles. The van der Waals surface area contributed by atoms with E-state index in [-0.39, 0.29) is 57.7 Å². The number of likely N-dealkylation sites (tertiary alicyclic amines) is 2. The number of carbonyl (C=O) groups excluding carboxylic acids is 2. The van der Waals surface area contributed by atoms with Crippen LogP contribution in [0, 0.1) is 15.9 Å². The van der Waals surface area contributed by atoms with Crippen molar-refractivity contribution in [2.45, 2.75) is 64.1 Å². The lowest BCUT2D eigenvalue weighted by Crippen LogP contribution is -2.41. The Morgan fingerprint density at radius 3 is 2.61 bits per heavy atom. The topological polar surface area (TPSA) is 181 Å². The summed E-state index contributed by atoms with van der Waals surface area (Å²) in [6.07, 6.45) is 4.21. The second-order valence-electron chi connectivity index (χ2n) is 15.2. The zero-order chi connectivity index (χ0) is 38.1. The number of aromatic nitrogens is 2. The number of alkyl carbamates (subject to hydrolysis) is 1. The average molecular weight is 742 g/mol. The van der Waals surface area contributed by atoms with Crippen molar-refractivity contribution in [2.75, 3.05) is 38.5 Å². The van der Waals surface area contributed by atoms with Gasteiger partial charge in [0.25, 0.3) is 11.6 Å². The van der Waals surface area contributed by atoms with E-state index in [2.05, 4.69) is 27.6 Å². The normalized spacial score (nSPS) is 18.1. The molecule has 15 nitrogen and oxygen atoms in total. The lowest BCUT2D eigenvalue weighted by atomic mass is 10.1. The summed E-state index contributed by atoms with van der Waals surface area (Å²) in [5.41, 5.74) is 0.969. The van der Waals surface area contributed by atoms with Crippen molar-refractivity contribution in [2.24, 2.45) is 0 Å². The first-order chi connectivity index (χ1) is 25.7. The lowest BCUT2D eigenvalue weighted by Gasteiger charge is -2.22. The number of hydrogen-bond donors (Lipinski definition) is 3. The SMILES string of the molecule is CN1CCCC1CCNc1c(F)cc2c(=O)c(C(=O)N3CC[C@H](NC(=O)OC(C)(C)C)C3)cn3c4cc5oc6cc([N+](=O)[O-])ccc6[nH]c5cc4oc1c23. The van der Waals surface area contributed by atoms with E-state index >= 15 is 4.39 Å². The van der Waals surface area contributed by atoms with Crippen LogP contribution >= 0.6 is 0 Å². The number of carbonyl (C=O) groups is 2. The van der Waals surface area contributed by atoms with Crippen LogP contribution in [-0.4, -0.2) is 87.0 Å².